The highest BCUT2D eigenvalue weighted by molar-refractivity contribution is 6.05. The highest BCUT2D eigenvalue weighted by Gasteiger charge is 2.15. The lowest BCUT2D eigenvalue weighted by atomic mass is 10.2. The maximum atomic E-state index is 12.7. The Kier molecular flexibility index (Phi) is 7.49. The van der Waals surface area contributed by atoms with Gasteiger partial charge in [0.15, 0.2) is 23.9 Å². The number of benzene rings is 2. The van der Waals surface area contributed by atoms with Crippen LogP contribution in [0.25, 0.3) is 0 Å². The molecule has 186 valence electrons. The van der Waals surface area contributed by atoms with E-state index in [1.807, 2.05) is 6.92 Å². The fourth-order valence-corrected chi connectivity index (χ4v) is 3.49. The number of hydrogen-bond donors (Lipinski definition) is 2. The average molecular weight is 491 g/mol. The topological polar surface area (TPSA) is 122 Å². The molecule has 0 saturated carbocycles. The molecule has 0 saturated heterocycles. The van der Waals surface area contributed by atoms with Gasteiger partial charge in [0, 0.05) is 30.3 Å². The molecule has 11 heteroatoms. The van der Waals surface area contributed by atoms with Gasteiger partial charge in [-0.05, 0) is 49.4 Å². The Balaban J connectivity index is 1.38. The van der Waals surface area contributed by atoms with Gasteiger partial charge in [-0.15, -0.1) is 0 Å². The molecule has 0 spiro atoms. The molecule has 4 aromatic rings. The third-order valence-electron chi connectivity index (χ3n) is 5.22. The number of methoxy groups -OCH3 is 2. The van der Waals surface area contributed by atoms with Crippen molar-refractivity contribution in [3.63, 3.8) is 0 Å². The minimum Gasteiger partial charge on any atom is -0.493 e. The van der Waals surface area contributed by atoms with Crippen molar-refractivity contribution in [2.24, 2.45) is 0 Å². The lowest BCUT2D eigenvalue weighted by molar-refractivity contribution is 0.101. The maximum absolute atomic E-state index is 12.7. The number of carbonyl (C=O) groups is 2. The number of anilines is 2. The normalized spacial score (nSPS) is 10.5. The van der Waals surface area contributed by atoms with E-state index in [4.69, 9.17) is 14.2 Å². The van der Waals surface area contributed by atoms with Crippen molar-refractivity contribution in [2.75, 3.05) is 24.9 Å². The molecule has 2 heterocycles. The molecule has 0 aliphatic rings. The third-order valence-corrected chi connectivity index (χ3v) is 5.22. The number of carbonyl (C=O) groups excluding carboxylic acids is 2. The highest BCUT2D eigenvalue weighted by Crippen LogP contribution is 2.36. The highest BCUT2D eigenvalue weighted by atomic mass is 16.5. The molecule has 2 amide bonds. The van der Waals surface area contributed by atoms with E-state index < -0.39 is 5.91 Å². The summed E-state index contributed by atoms with van der Waals surface area (Å²) in [6.07, 6.45) is 3.20. The number of para-hydroxylation sites is 1. The van der Waals surface area contributed by atoms with Crippen LogP contribution in [0.15, 0.2) is 67.0 Å². The fourth-order valence-electron chi connectivity index (χ4n) is 3.49. The van der Waals surface area contributed by atoms with E-state index in [-0.39, 0.29) is 18.3 Å². The van der Waals surface area contributed by atoms with E-state index in [9.17, 15) is 9.59 Å². The van der Waals surface area contributed by atoms with Crippen molar-refractivity contribution in [1.29, 1.82) is 0 Å². The zero-order chi connectivity index (χ0) is 25.5. The van der Waals surface area contributed by atoms with Gasteiger partial charge >= 0.3 is 0 Å². The van der Waals surface area contributed by atoms with Crippen molar-refractivity contribution < 1.29 is 23.8 Å². The number of rotatable bonds is 10. The van der Waals surface area contributed by atoms with Crippen LogP contribution in [0, 0.1) is 0 Å². The smallest absolute Gasteiger partial charge is 0.276 e. The number of nitrogens with one attached hydrogen (secondary N) is 2. The first-order valence-electron chi connectivity index (χ1n) is 11.1. The molecule has 0 aliphatic carbocycles. The monoisotopic (exact) mass is 490 g/mol. The van der Waals surface area contributed by atoms with Gasteiger partial charge in [-0.1, -0.05) is 12.1 Å². The lowest BCUT2D eigenvalue weighted by Gasteiger charge is -2.13. The summed E-state index contributed by atoms with van der Waals surface area (Å²) >= 11 is 0. The first-order chi connectivity index (χ1) is 17.5. The number of nitrogens with zero attached hydrogens (tertiary/aromatic N) is 4. The Labute approximate surface area is 207 Å². The first kappa shape index (κ1) is 24.3. The van der Waals surface area contributed by atoms with Crippen LogP contribution in [0.5, 0.6) is 17.2 Å². The molecule has 0 radical (unpaired) electrons. The molecular formula is C25H26N6O5. The number of amides is 2. The van der Waals surface area contributed by atoms with Crippen LogP contribution in [0.2, 0.25) is 0 Å². The zero-order valence-corrected chi connectivity index (χ0v) is 20.1. The number of ether oxygens (including phenoxy) is 3. The summed E-state index contributed by atoms with van der Waals surface area (Å²) in [5, 5.41) is 14.0. The average Bonchev–Trinajstić information content (AvgIpc) is 3.57. The van der Waals surface area contributed by atoms with Crippen LogP contribution in [-0.4, -0.2) is 45.6 Å². The Bertz CT molecular complexity index is 1340. The summed E-state index contributed by atoms with van der Waals surface area (Å²) < 4.78 is 19.5. The second kappa shape index (κ2) is 11.1. The van der Waals surface area contributed by atoms with Crippen molar-refractivity contribution in [2.45, 2.75) is 20.2 Å². The van der Waals surface area contributed by atoms with Gasteiger partial charge in [0.1, 0.15) is 5.69 Å². The van der Waals surface area contributed by atoms with E-state index in [1.54, 1.807) is 85.9 Å². The SMILES string of the molecule is CCn1nccc1C(=O)Nc1cccc(NC(=O)c2ccn(COc3c(OC)cccc3OC)n2)c1. The van der Waals surface area contributed by atoms with E-state index in [1.165, 1.54) is 4.68 Å². The Morgan fingerprint density at radius 3 is 2.25 bits per heavy atom. The van der Waals surface area contributed by atoms with Crippen molar-refractivity contribution in [3.8, 4) is 17.2 Å². The van der Waals surface area contributed by atoms with E-state index in [2.05, 4.69) is 20.8 Å². The minimum absolute atomic E-state index is 0.0415. The molecule has 0 fully saturated rings. The zero-order valence-electron chi connectivity index (χ0n) is 20.1. The Hall–Kier alpha value is -4.80. The van der Waals surface area contributed by atoms with Crippen molar-refractivity contribution >= 4 is 23.2 Å². The summed E-state index contributed by atoms with van der Waals surface area (Å²) in [4.78, 5) is 25.3. The molecule has 2 aromatic carbocycles. The van der Waals surface area contributed by atoms with Crippen LogP contribution in [0.3, 0.4) is 0 Å². The lowest BCUT2D eigenvalue weighted by Crippen LogP contribution is -2.18. The van der Waals surface area contributed by atoms with E-state index in [0.717, 1.165) is 0 Å². The van der Waals surface area contributed by atoms with Crippen molar-refractivity contribution in [3.05, 3.63) is 78.4 Å². The van der Waals surface area contributed by atoms with Gasteiger partial charge in [-0.3, -0.25) is 14.3 Å². The summed E-state index contributed by atoms with van der Waals surface area (Å²) in [5.74, 6) is 0.778. The van der Waals surface area contributed by atoms with Gasteiger partial charge in [0.2, 0.25) is 5.75 Å². The predicted octanol–water partition coefficient (Wildman–Crippen LogP) is 3.66. The van der Waals surface area contributed by atoms with Crippen LogP contribution in [-0.2, 0) is 13.3 Å². The van der Waals surface area contributed by atoms with E-state index >= 15 is 0 Å². The summed E-state index contributed by atoms with van der Waals surface area (Å²) in [5.41, 5.74) is 1.69. The predicted molar refractivity (Wildman–Crippen MR) is 133 cm³/mol. The summed E-state index contributed by atoms with van der Waals surface area (Å²) in [6, 6.07) is 15.4. The molecule has 0 unspecified atom stereocenters. The molecule has 0 bridgehead atoms. The second-order valence-electron chi connectivity index (χ2n) is 7.53. The Morgan fingerprint density at radius 2 is 1.58 bits per heavy atom. The number of aromatic nitrogens is 4. The number of aryl methyl sites for hydroxylation is 1. The van der Waals surface area contributed by atoms with Gasteiger partial charge < -0.3 is 24.8 Å². The molecule has 0 atom stereocenters. The molecule has 2 N–H and O–H groups in total. The Morgan fingerprint density at radius 1 is 0.917 bits per heavy atom. The maximum Gasteiger partial charge on any atom is 0.276 e. The minimum atomic E-state index is -0.406. The molecule has 0 aliphatic heterocycles. The fraction of sp³-hybridized carbons (Fsp3) is 0.200. The van der Waals surface area contributed by atoms with Crippen LogP contribution in [0.1, 0.15) is 27.9 Å². The van der Waals surface area contributed by atoms with Gasteiger partial charge in [-0.25, -0.2) is 4.68 Å². The molecule has 36 heavy (non-hydrogen) atoms. The van der Waals surface area contributed by atoms with Crippen molar-refractivity contribution in [1.82, 2.24) is 19.6 Å². The van der Waals surface area contributed by atoms with Gasteiger partial charge in [0.25, 0.3) is 11.8 Å². The molecule has 11 nitrogen and oxygen atoms in total. The summed E-state index contributed by atoms with van der Waals surface area (Å²) in [7, 11) is 3.08. The van der Waals surface area contributed by atoms with Crippen LogP contribution >= 0.6 is 0 Å². The van der Waals surface area contributed by atoms with Crippen LogP contribution < -0.4 is 24.8 Å². The number of hydrogen-bond acceptors (Lipinski definition) is 7. The molecular weight excluding hydrogens is 464 g/mol. The standard InChI is InChI=1S/C25H26N6O5/c1-4-31-20(11-13-26-31)25(33)28-18-8-5-7-17(15-18)27-24(32)19-12-14-30(29-19)16-36-23-21(34-2)9-6-10-22(23)35-3/h5-15H,4,16H2,1-3H3,(H,27,32)(H,28,33). The largest absolute Gasteiger partial charge is 0.493 e. The van der Waals surface area contributed by atoms with E-state index in [0.29, 0.717) is 40.9 Å². The second-order valence-corrected chi connectivity index (χ2v) is 7.53. The molecule has 4 rings (SSSR count). The molecule has 2 aromatic heterocycles. The third kappa shape index (κ3) is 5.46. The van der Waals surface area contributed by atoms with Gasteiger partial charge in [0.05, 0.1) is 14.2 Å². The quantitative estimate of drug-likeness (QED) is 0.348. The van der Waals surface area contributed by atoms with Gasteiger partial charge in [-0.2, -0.15) is 10.2 Å². The summed E-state index contributed by atoms with van der Waals surface area (Å²) in [6.45, 7) is 2.53. The first-order valence-corrected chi connectivity index (χ1v) is 11.1. The van der Waals surface area contributed by atoms with Crippen LogP contribution in [0.4, 0.5) is 11.4 Å².